The van der Waals surface area contributed by atoms with E-state index in [2.05, 4.69) is 5.32 Å². The number of hydrogen-bond acceptors (Lipinski definition) is 3. The molecule has 2 amide bonds. The standard InChI is InChI=1S/C6H12N2O4/c1-8(2)6(12)7-3-4(9)5(10)11/h4,9H,3H2,1-2H3,(H,7,12)(H,10,11). The lowest BCUT2D eigenvalue weighted by atomic mass is 10.4. The van der Waals surface area contributed by atoms with E-state index >= 15 is 0 Å². The second-order valence-electron chi connectivity index (χ2n) is 2.43. The van der Waals surface area contributed by atoms with Crippen LogP contribution in [0.4, 0.5) is 4.79 Å². The van der Waals surface area contributed by atoms with Gasteiger partial charge in [-0.25, -0.2) is 9.59 Å². The largest absolute Gasteiger partial charge is 0.479 e. The van der Waals surface area contributed by atoms with Crippen LogP contribution in [0, 0.1) is 0 Å². The maximum absolute atomic E-state index is 10.8. The molecule has 6 nitrogen and oxygen atoms in total. The number of hydrogen-bond donors (Lipinski definition) is 3. The van der Waals surface area contributed by atoms with Crippen LogP contribution in [-0.2, 0) is 4.79 Å². The van der Waals surface area contributed by atoms with Gasteiger partial charge in [0.25, 0.3) is 0 Å². The van der Waals surface area contributed by atoms with E-state index < -0.39 is 18.1 Å². The summed E-state index contributed by atoms with van der Waals surface area (Å²) in [5.41, 5.74) is 0. The Hall–Kier alpha value is -1.30. The van der Waals surface area contributed by atoms with Gasteiger partial charge in [-0.15, -0.1) is 0 Å². The molecule has 0 saturated heterocycles. The molecule has 1 unspecified atom stereocenters. The number of carboxylic acids is 1. The Labute approximate surface area is 69.8 Å². The average molecular weight is 176 g/mol. The second-order valence-corrected chi connectivity index (χ2v) is 2.43. The van der Waals surface area contributed by atoms with Crippen molar-refractivity contribution in [1.82, 2.24) is 10.2 Å². The molecular weight excluding hydrogens is 164 g/mol. The number of nitrogens with one attached hydrogen (secondary N) is 1. The van der Waals surface area contributed by atoms with Crippen LogP contribution in [0.1, 0.15) is 0 Å². The molecule has 6 heteroatoms. The fourth-order valence-electron chi connectivity index (χ4n) is 0.429. The lowest BCUT2D eigenvalue weighted by Crippen LogP contribution is -2.41. The predicted octanol–water partition coefficient (Wildman–Crippen LogP) is -1.30. The third kappa shape index (κ3) is 3.77. The van der Waals surface area contributed by atoms with Crippen LogP contribution in [0.25, 0.3) is 0 Å². The predicted molar refractivity (Wildman–Crippen MR) is 40.7 cm³/mol. The van der Waals surface area contributed by atoms with Crippen molar-refractivity contribution in [3.8, 4) is 0 Å². The van der Waals surface area contributed by atoms with Gasteiger partial charge in [0, 0.05) is 14.1 Å². The number of aliphatic carboxylic acids is 1. The van der Waals surface area contributed by atoms with Crippen molar-refractivity contribution < 1.29 is 19.8 Å². The van der Waals surface area contributed by atoms with Gasteiger partial charge < -0.3 is 20.4 Å². The Morgan fingerprint density at radius 2 is 2.00 bits per heavy atom. The first kappa shape index (κ1) is 10.7. The lowest BCUT2D eigenvalue weighted by molar-refractivity contribution is -0.146. The number of nitrogens with zero attached hydrogens (tertiary/aromatic N) is 1. The fraction of sp³-hybridized carbons (Fsp3) is 0.667. The molecule has 0 spiro atoms. The maximum Gasteiger partial charge on any atom is 0.334 e. The first-order chi connectivity index (χ1) is 5.45. The first-order valence-corrected chi connectivity index (χ1v) is 3.31. The summed E-state index contributed by atoms with van der Waals surface area (Å²) in [4.78, 5) is 22.1. The molecule has 0 aliphatic carbocycles. The van der Waals surface area contributed by atoms with E-state index in [4.69, 9.17) is 10.2 Å². The van der Waals surface area contributed by atoms with Gasteiger partial charge in [0.2, 0.25) is 0 Å². The number of aliphatic hydroxyl groups excluding tert-OH is 1. The van der Waals surface area contributed by atoms with Crippen LogP contribution in [0.5, 0.6) is 0 Å². The summed E-state index contributed by atoms with van der Waals surface area (Å²) in [5, 5.41) is 19.2. The van der Waals surface area contributed by atoms with Crippen molar-refractivity contribution in [2.45, 2.75) is 6.10 Å². The zero-order chi connectivity index (χ0) is 9.72. The SMILES string of the molecule is CN(C)C(=O)NCC(O)C(=O)O. The fourth-order valence-corrected chi connectivity index (χ4v) is 0.429. The van der Waals surface area contributed by atoms with Gasteiger partial charge in [0.05, 0.1) is 6.54 Å². The third-order valence-corrected chi connectivity index (χ3v) is 1.14. The number of carbonyl (C=O) groups is 2. The summed E-state index contributed by atoms with van der Waals surface area (Å²) in [5.74, 6) is -1.35. The molecule has 1 atom stereocenters. The zero-order valence-electron chi connectivity index (χ0n) is 6.94. The molecule has 3 N–H and O–H groups in total. The topological polar surface area (TPSA) is 89.9 Å². The number of carbonyl (C=O) groups excluding carboxylic acids is 1. The summed E-state index contributed by atoms with van der Waals surface area (Å²) in [6.45, 7) is -0.285. The number of aliphatic hydroxyl groups is 1. The Balaban J connectivity index is 3.69. The van der Waals surface area contributed by atoms with Gasteiger partial charge >= 0.3 is 12.0 Å². The van der Waals surface area contributed by atoms with Crippen LogP contribution < -0.4 is 5.32 Å². The minimum absolute atomic E-state index is 0.285. The number of rotatable bonds is 3. The maximum atomic E-state index is 10.8. The highest BCUT2D eigenvalue weighted by Crippen LogP contribution is 1.82. The van der Waals surface area contributed by atoms with Crippen LogP contribution in [0.2, 0.25) is 0 Å². The van der Waals surface area contributed by atoms with E-state index in [1.165, 1.54) is 19.0 Å². The summed E-state index contributed by atoms with van der Waals surface area (Å²) in [7, 11) is 3.03. The molecule has 0 aliphatic heterocycles. The van der Waals surface area contributed by atoms with Crippen molar-refractivity contribution in [3.63, 3.8) is 0 Å². The van der Waals surface area contributed by atoms with E-state index in [0.717, 1.165) is 0 Å². The minimum atomic E-state index is -1.55. The smallest absolute Gasteiger partial charge is 0.334 e. The van der Waals surface area contributed by atoms with Crippen molar-refractivity contribution in [3.05, 3.63) is 0 Å². The first-order valence-electron chi connectivity index (χ1n) is 3.31. The van der Waals surface area contributed by atoms with E-state index in [-0.39, 0.29) is 6.54 Å². The van der Waals surface area contributed by atoms with Gasteiger partial charge in [-0.3, -0.25) is 0 Å². The Bertz CT molecular complexity index is 180. The van der Waals surface area contributed by atoms with Crippen molar-refractivity contribution in [1.29, 1.82) is 0 Å². The summed E-state index contributed by atoms with van der Waals surface area (Å²) >= 11 is 0. The summed E-state index contributed by atoms with van der Waals surface area (Å²) < 4.78 is 0. The monoisotopic (exact) mass is 176 g/mol. The van der Waals surface area contributed by atoms with Crippen molar-refractivity contribution in [2.24, 2.45) is 0 Å². The molecule has 0 radical (unpaired) electrons. The van der Waals surface area contributed by atoms with Crippen LogP contribution in [-0.4, -0.2) is 53.9 Å². The highest BCUT2D eigenvalue weighted by Gasteiger charge is 2.14. The van der Waals surface area contributed by atoms with Crippen molar-refractivity contribution >= 4 is 12.0 Å². The molecule has 12 heavy (non-hydrogen) atoms. The Morgan fingerprint density at radius 1 is 1.50 bits per heavy atom. The molecule has 0 aliphatic rings. The van der Waals surface area contributed by atoms with Gasteiger partial charge in [0.15, 0.2) is 6.10 Å². The molecule has 0 aromatic rings. The molecule has 0 saturated carbocycles. The zero-order valence-corrected chi connectivity index (χ0v) is 6.94. The number of carboxylic acid groups (broad SMARTS) is 1. The van der Waals surface area contributed by atoms with Gasteiger partial charge in [0.1, 0.15) is 0 Å². The van der Waals surface area contributed by atoms with Gasteiger partial charge in [-0.1, -0.05) is 0 Å². The molecule has 0 heterocycles. The second kappa shape index (κ2) is 4.55. The van der Waals surface area contributed by atoms with E-state index in [1.54, 1.807) is 0 Å². The van der Waals surface area contributed by atoms with Crippen LogP contribution in [0.3, 0.4) is 0 Å². The van der Waals surface area contributed by atoms with Gasteiger partial charge in [-0.05, 0) is 0 Å². The number of urea groups is 1. The minimum Gasteiger partial charge on any atom is -0.479 e. The van der Waals surface area contributed by atoms with Gasteiger partial charge in [-0.2, -0.15) is 0 Å². The van der Waals surface area contributed by atoms with E-state index in [0.29, 0.717) is 0 Å². The Morgan fingerprint density at radius 3 is 2.33 bits per heavy atom. The lowest BCUT2D eigenvalue weighted by Gasteiger charge is -2.12. The summed E-state index contributed by atoms with van der Waals surface area (Å²) in [6.07, 6.45) is -1.55. The number of amides is 2. The highest BCUT2D eigenvalue weighted by atomic mass is 16.4. The van der Waals surface area contributed by atoms with E-state index in [1.807, 2.05) is 0 Å². The highest BCUT2D eigenvalue weighted by molar-refractivity contribution is 5.76. The van der Waals surface area contributed by atoms with E-state index in [9.17, 15) is 9.59 Å². The Kier molecular flexibility index (Phi) is 4.06. The molecular formula is C6H12N2O4. The molecule has 70 valence electrons. The average Bonchev–Trinajstić information content (AvgIpc) is 1.98. The molecule has 0 aromatic carbocycles. The van der Waals surface area contributed by atoms with Crippen LogP contribution in [0.15, 0.2) is 0 Å². The third-order valence-electron chi connectivity index (χ3n) is 1.14. The molecule has 0 aromatic heterocycles. The van der Waals surface area contributed by atoms with Crippen molar-refractivity contribution in [2.75, 3.05) is 20.6 Å². The normalized spacial score (nSPS) is 11.9. The molecule has 0 fully saturated rings. The summed E-state index contributed by atoms with van der Waals surface area (Å²) in [6, 6.07) is -0.435. The quantitative estimate of drug-likeness (QED) is 0.498. The van der Waals surface area contributed by atoms with Crippen LogP contribution >= 0.6 is 0 Å². The molecule has 0 rings (SSSR count). The molecule has 0 bridgehead atoms.